The zero-order chi connectivity index (χ0) is 27.3. The second kappa shape index (κ2) is 7.86. The van der Waals surface area contributed by atoms with Crippen LogP contribution >= 0.6 is 0 Å². The minimum Gasteiger partial charge on any atom is -0.457 e. The summed E-state index contributed by atoms with van der Waals surface area (Å²) in [5, 5.41) is 0. The number of benzene rings is 6. The van der Waals surface area contributed by atoms with Crippen molar-refractivity contribution in [2.45, 2.75) is 24.7 Å². The zero-order valence-corrected chi connectivity index (χ0v) is 23.1. The third-order valence-corrected chi connectivity index (χ3v) is 9.74. The van der Waals surface area contributed by atoms with E-state index < -0.39 is 0 Å². The van der Waals surface area contributed by atoms with Crippen LogP contribution in [0.2, 0.25) is 0 Å². The minimum atomic E-state index is -0.345. The predicted molar refractivity (Wildman–Crippen MR) is 167 cm³/mol. The van der Waals surface area contributed by atoms with E-state index in [9.17, 15) is 0 Å². The summed E-state index contributed by atoms with van der Waals surface area (Å²) in [5.74, 6) is 1.89. The summed E-state index contributed by atoms with van der Waals surface area (Å²) in [6.45, 7) is 4.65. The Balaban J connectivity index is 1.34. The Labute approximate surface area is 240 Å². The van der Waals surface area contributed by atoms with Crippen LogP contribution in [0.25, 0.3) is 33.4 Å². The second-order valence-corrected chi connectivity index (χ2v) is 12.0. The normalized spacial score (nSPS) is 15.7. The molecule has 194 valence electrons. The van der Waals surface area contributed by atoms with Crippen molar-refractivity contribution in [2.24, 2.45) is 0 Å². The van der Waals surface area contributed by atoms with E-state index >= 15 is 0 Å². The molecule has 6 aromatic rings. The van der Waals surface area contributed by atoms with Crippen LogP contribution in [0.4, 0.5) is 0 Å². The van der Waals surface area contributed by atoms with Crippen molar-refractivity contribution in [3.8, 4) is 44.9 Å². The second-order valence-electron chi connectivity index (χ2n) is 12.0. The molecule has 9 rings (SSSR count). The summed E-state index contributed by atoms with van der Waals surface area (Å²) < 4.78 is 6.50. The lowest BCUT2D eigenvalue weighted by molar-refractivity contribution is 0.419. The highest BCUT2D eigenvalue weighted by Gasteiger charge is 2.51. The van der Waals surface area contributed by atoms with Crippen LogP contribution in [0.1, 0.15) is 47.2 Å². The third kappa shape index (κ3) is 2.76. The molecule has 0 N–H and O–H groups in total. The first-order valence-electron chi connectivity index (χ1n) is 14.4. The molecule has 0 saturated heterocycles. The van der Waals surface area contributed by atoms with Gasteiger partial charge in [0, 0.05) is 16.5 Å². The Morgan fingerprint density at radius 3 is 1.54 bits per heavy atom. The predicted octanol–water partition coefficient (Wildman–Crippen LogP) is 10.1. The van der Waals surface area contributed by atoms with Crippen LogP contribution in [0.3, 0.4) is 0 Å². The fourth-order valence-corrected chi connectivity index (χ4v) is 8.09. The van der Waals surface area contributed by atoms with Crippen molar-refractivity contribution < 1.29 is 4.74 Å². The zero-order valence-electron chi connectivity index (χ0n) is 23.1. The number of ether oxygens (including phenoxy) is 1. The monoisotopic (exact) mass is 524 g/mol. The average molecular weight is 525 g/mol. The molecule has 0 bridgehead atoms. The van der Waals surface area contributed by atoms with Crippen molar-refractivity contribution in [1.29, 1.82) is 0 Å². The molecule has 1 nitrogen and oxygen atoms in total. The highest BCUT2D eigenvalue weighted by atomic mass is 16.5. The van der Waals surface area contributed by atoms with Gasteiger partial charge in [-0.25, -0.2) is 0 Å². The van der Waals surface area contributed by atoms with Crippen molar-refractivity contribution >= 4 is 0 Å². The summed E-state index contributed by atoms with van der Waals surface area (Å²) in [6, 6.07) is 49.1. The summed E-state index contributed by atoms with van der Waals surface area (Å²) in [7, 11) is 0. The molecule has 0 aromatic heterocycles. The molecular formula is C40H28O. The first-order chi connectivity index (χ1) is 20.1. The Hall–Kier alpha value is -4.88. The first-order valence-corrected chi connectivity index (χ1v) is 14.4. The van der Waals surface area contributed by atoms with E-state index in [4.69, 9.17) is 4.74 Å². The van der Waals surface area contributed by atoms with Gasteiger partial charge in [-0.3, -0.25) is 0 Å². The number of fused-ring (bicyclic) bond motifs is 12. The fourth-order valence-electron chi connectivity index (χ4n) is 8.09. The fraction of sp³-hybridized carbons (Fsp3) is 0.100. The molecule has 6 aromatic carbocycles. The molecule has 1 aliphatic heterocycles. The lowest BCUT2D eigenvalue weighted by atomic mass is 9.69. The molecule has 41 heavy (non-hydrogen) atoms. The van der Waals surface area contributed by atoms with Crippen molar-refractivity contribution in [2.75, 3.05) is 0 Å². The van der Waals surface area contributed by atoms with Gasteiger partial charge in [0.15, 0.2) is 0 Å². The van der Waals surface area contributed by atoms with Crippen LogP contribution in [-0.2, 0) is 10.8 Å². The van der Waals surface area contributed by atoms with Gasteiger partial charge in [-0.2, -0.15) is 0 Å². The molecule has 2 aliphatic carbocycles. The van der Waals surface area contributed by atoms with Crippen LogP contribution < -0.4 is 4.74 Å². The summed E-state index contributed by atoms with van der Waals surface area (Å²) in [4.78, 5) is 0. The van der Waals surface area contributed by atoms with Gasteiger partial charge in [0.25, 0.3) is 0 Å². The van der Waals surface area contributed by atoms with Crippen LogP contribution in [-0.4, -0.2) is 0 Å². The van der Waals surface area contributed by atoms with Gasteiger partial charge in [0.05, 0.1) is 5.41 Å². The summed E-state index contributed by atoms with van der Waals surface area (Å²) >= 11 is 0. The maximum Gasteiger partial charge on any atom is 0.132 e. The van der Waals surface area contributed by atoms with Crippen LogP contribution in [0.5, 0.6) is 11.5 Å². The molecule has 1 heteroatoms. The van der Waals surface area contributed by atoms with E-state index in [0.29, 0.717) is 0 Å². The van der Waals surface area contributed by atoms with E-state index in [1.807, 2.05) is 0 Å². The van der Waals surface area contributed by atoms with Crippen LogP contribution in [0.15, 0.2) is 133 Å². The SMILES string of the molecule is CC1(C)c2ccccc2Oc2cccc(-c3ccc4c(c3)C3(c5ccccc5-c5ccccc53)c3ccccc3-4)c21. The average Bonchev–Trinajstić information content (AvgIpc) is 3.48. The first kappa shape index (κ1) is 22.9. The van der Waals surface area contributed by atoms with E-state index in [2.05, 4.69) is 147 Å². The standard InChI is InChI=1S/C40H28O/c1-39(2)34-19-9-10-20-36(34)41-37-21-11-15-26(38(37)39)25-22-23-30-29-14-5-8-18-33(29)40(35(30)24-25)31-16-6-3-12-27(31)28-13-4-7-17-32(28)40/h3-24H,1-2H3. The van der Waals surface area contributed by atoms with E-state index in [0.717, 1.165) is 11.5 Å². The summed E-state index contributed by atoms with van der Waals surface area (Å²) in [5.41, 5.74) is 15.2. The van der Waals surface area contributed by atoms with E-state index in [-0.39, 0.29) is 10.8 Å². The van der Waals surface area contributed by atoms with Gasteiger partial charge in [0.1, 0.15) is 11.5 Å². The van der Waals surface area contributed by atoms with Gasteiger partial charge < -0.3 is 4.74 Å². The summed E-state index contributed by atoms with van der Waals surface area (Å²) in [6.07, 6.45) is 0. The molecule has 1 heterocycles. The third-order valence-electron chi connectivity index (χ3n) is 9.74. The van der Waals surface area contributed by atoms with E-state index in [1.165, 1.54) is 66.8 Å². The smallest absolute Gasteiger partial charge is 0.132 e. The van der Waals surface area contributed by atoms with Gasteiger partial charge in [0.2, 0.25) is 0 Å². The van der Waals surface area contributed by atoms with E-state index in [1.54, 1.807) is 0 Å². The molecule has 0 radical (unpaired) electrons. The Bertz CT molecular complexity index is 2000. The highest BCUT2D eigenvalue weighted by Crippen LogP contribution is 2.63. The quantitative estimate of drug-likeness (QED) is 0.208. The van der Waals surface area contributed by atoms with Crippen LogP contribution in [0, 0.1) is 0 Å². The van der Waals surface area contributed by atoms with Crippen molar-refractivity contribution in [1.82, 2.24) is 0 Å². The van der Waals surface area contributed by atoms with Gasteiger partial charge in [-0.15, -0.1) is 0 Å². The highest BCUT2D eigenvalue weighted by molar-refractivity contribution is 5.96. The van der Waals surface area contributed by atoms with Gasteiger partial charge >= 0.3 is 0 Å². The maximum atomic E-state index is 6.50. The number of rotatable bonds is 1. The van der Waals surface area contributed by atoms with Crippen molar-refractivity contribution in [3.63, 3.8) is 0 Å². The lowest BCUT2D eigenvalue weighted by Gasteiger charge is -2.36. The largest absolute Gasteiger partial charge is 0.457 e. The molecule has 0 unspecified atom stereocenters. The number of hydrogen-bond donors (Lipinski definition) is 0. The maximum absolute atomic E-state index is 6.50. The molecule has 3 aliphatic rings. The van der Waals surface area contributed by atoms with Gasteiger partial charge in [-0.05, 0) is 73.8 Å². The molecular weight excluding hydrogens is 496 g/mol. The Morgan fingerprint density at radius 2 is 0.902 bits per heavy atom. The molecule has 0 saturated carbocycles. The number of para-hydroxylation sites is 1. The molecule has 0 atom stereocenters. The number of hydrogen-bond acceptors (Lipinski definition) is 1. The van der Waals surface area contributed by atoms with Crippen molar-refractivity contribution in [3.05, 3.63) is 167 Å². The Kier molecular flexibility index (Phi) is 4.39. The lowest BCUT2D eigenvalue weighted by Crippen LogP contribution is -2.26. The minimum absolute atomic E-state index is 0.201. The van der Waals surface area contributed by atoms with Gasteiger partial charge in [-0.1, -0.05) is 129 Å². The topological polar surface area (TPSA) is 9.23 Å². The molecule has 0 amide bonds. The Morgan fingerprint density at radius 1 is 0.415 bits per heavy atom. The molecule has 1 spiro atoms. The molecule has 0 fully saturated rings.